The van der Waals surface area contributed by atoms with Gasteiger partial charge >= 0.3 is 5.69 Å². The lowest BCUT2D eigenvalue weighted by atomic mass is 10.1. The van der Waals surface area contributed by atoms with E-state index >= 15 is 0 Å². The molecule has 0 saturated heterocycles. The maximum Gasteiger partial charge on any atom is 0.329 e. The van der Waals surface area contributed by atoms with Gasteiger partial charge in [-0.2, -0.15) is 10.2 Å². The highest BCUT2D eigenvalue weighted by molar-refractivity contribution is 5.75. The predicted octanol–water partition coefficient (Wildman–Crippen LogP) is 1.54. The number of aromatic nitrogens is 4. The summed E-state index contributed by atoms with van der Waals surface area (Å²) in [7, 11) is 1.56. The van der Waals surface area contributed by atoms with E-state index in [0.29, 0.717) is 11.5 Å². The van der Waals surface area contributed by atoms with Crippen LogP contribution in [0.3, 0.4) is 0 Å². The van der Waals surface area contributed by atoms with Crippen LogP contribution < -0.4 is 22.3 Å². The SMILES string of the molecule is Cn1c(=O)[nH]c(=O)c2c1nc(NC1=CCCCCC1N)n2Cc1ccccc1C#N. The minimum Gasteiger partial charge on any atom is -0.328 e. The second kappa shape index (κ2) is 8.00. The molecule has 1 aliphatic carbocycles. The molecule has 1 aliphatic rings. The number of anilines is 1. The first-order valence-corrected chi connectivity index (χ1v) is 9.90. The van der Waals surface area contributed by atoms with E-state index < -0.39 is 11.2 Å². The Bertz CT molecular complexity index is 1290. The maximum atomic E-state index is 12.7. The van der Waals surface area contributed by atoms with Gasteiger partial charge in [0.15, 0.2) is 11.2 Å². The van der Waals surface area contributed by atoms with Crippen LogP contribution in [-0.4, -0.2) is 25.1 Å². The van der Waals surface area contributed by atoms with Crippen LogP contribution in [0.25, 0.3) is 11.2 Å². The van der Waals surface area contributed by atoms with E-state index in [0.717, 1.165) is 36.9 Å². The largest absolute Gasteiger partial charge is 0.329 e. The number of rotatable bonds is 4. The molecule has 4 rings (SSSR count). The fraction of sp³-hybridized carbons (Fsp3) is 0.333. The summed E-state index contributed by atoms with van der Waals surface area (Å²) in [6.45, 7) is 0.242. The van der Waals surface area contributed by atoms with Crippen LogP contribution in [0.15, 0.2) is 45.6 Å². The van der Waals surface area contributed by atoms with Crippen molar-refractivity contribution >= 4 is 17.1 Å². The van der Waals surface area contributed by atoms with Crippen molar-refractivity contribution in [3.8, 4) is 6.07 Å². The number of hydrogen-bond acceptors (Lipinski definition) is 6. The van der Waals surface area contributed by atoms with Gasteiger partial charge in [0.2, 0.25) is 5.95 Å². The average Bonchev–Trinajstić information content (AvgIpc) is 2.96. The zero-order valence-electron chi connectivity index (χ0n) is 16.7. The number of aryl methyl sites for hydroxylation is 1. The summed E-state index contributed by atoms with van der Waals surface area (Å²) in [5.41, 5.74) is 7.89. The van der Waals surface area contributed by atoms with Crippen LogP contribution in [-0.2, 0) is 13.6 Å². The third kappa shape index (κ3) is 3.53. The Hall–Kier alpha value is -3.64. The summed E-state index contributed by atoms with van der Waals surface area (Å²) < 4.78 is 3.00. The molecule has 9 nitrogen and oxygen atoms in total. The highest BCUT2D eigenvalue weighted by atomic mass is 16.2. The maximum absolute atomic E-state index is 12.7. The van der Waals surface area contributed by atoms with Crippen LogP contribution in [0.2, 0.25) is 0 Å². The van der Waals surface area contributed by atoms with Gasteiger partial charge < -0.3 is 11.1 Å². The van der Waals surface area contributed by atoms with Gasteiger partial charge in [0.1, 0.15) is 0 Å². The first-order chi connectivity index (χ1) is 14.5. The highest BCUT2D eigenvalue weighted by Crippen LogP contribution is 2.23. The number of hydrogen-bond donors (Lipinski definition) is 3. The smallest absolute Gasteiger partial charge is 0.328 e. The Labute approximate surface area is 172 Å². The van der Waals surface area contributed by atoms with Crippen molar-refractivity contribution in [3.05, 3.63) is 68.0 Å². The van der Waals surface area contributed by atoms with Crippen LogP contribution in [0.5, 0.6) is 0 Å². The molecule has 3 aromatic rings. The number of fused-ring (bicyclic) bond motifs is 1. The fourth-order valence-electron chi connectivity index (χ4n) is 3.77. The third-order valence-corrected chi connectivity index (χ3v) is 5.46. The van der Waals surface area contributed by atoms with Crippen molar-refractivity contribution < 1.29 is 0 Å². The van der Waals surface area contributed by atoms with E-state index in [1.807, 2.05) is 12.1 Å². The quantitative estimate of drug-likeness (QED) is 0.603. The first kappa shape index (κ1) is 19.7. The monoisotopic (exact) mass is 405 g/mol. The minimum atomic E-state index is -0.536. The summed E-state index contributed by atoms with van der Waals surface area (Å²) >= 11 is 0. The molecule has 154 valence electrons. The number of H-pyrrole nitrogens is 1. The molecule has 2 aromatic heterocycles. The lowest BCUT2D eigenvalue weighted by molar-refractivity contribution is 0.641. The van der Waals surface area contributed by atoms with Gasteiger partial charge in [-0.05, 0) is 30.9 Å². The van der Waals surface area contributed by atoms with Crippen LogP contribution in [0, 0.1) is 11.3 Å². The molecule has 1 unspecified atom stereocenters. The topological polar surface area (TPSA) is 135 Å². The highest BCUT2D eigenvalue weighted by Gasteiger charge is 2.21. The Morgan fingerprint density at radius 2 is 2.13 bits per heavy atom. The van der Waals surface area contributed by atoms with Gasteiger partial charge in [0.25, 0.3) is 5.56 Å². The molecule has 1 atom stereocenters. The predicted molar refractivity (Wildman–Crippen MR) is 114 cm³/mol. The Balaban J connectivity index is 1.90. The van der Waals surface area contributed by atoms with E-state index in [1.54, 1.807) is 23.7 Å². The summed E-state index contributed by atoms with van der Waals surface area (Å²) in [5, 5.41) is 12.8. The first-order valence-electron chi connectivity index (χ1n) is 9.90. The van der Waals surface area contributed by atoms with Gasteiger partial charge in [-0.1, -0.05) is 30.7 Å². The van der Waals surface area contributed by atoms with Crippen molar-refractivity contribution in [2.45, 2.75) is 38.3 Å². The number of nitriles is 1. The molecule has 2 heterocycles. The number of nitrogens with two attached hydrogens (primary N) is 1. The average molecular weight is 405 g/mol. The standard InChI is InChI=1S/C21H23N7O2/c1-27-18-17(19(29)26-21(27)30)28(12-14-8-6-5-7-13(14)11-22)20(25-18)24-16-10-4-2-3-9-15(16)23/h5-8,10,15H,2-4,9,12,23H2,1H3,(H,24,25)(H,26,29,30). The number of allylic oxidation sites excluding steroid dienone is 1. The summed E-state index contributed by atoms with van der Waals surface area (Å²) in [4.78, 5) is 31.7. The molecule has 0 fully saturated rings. The Morgan fingerprint density at radius 3 is 2.93 bits per heavy atom. The third-order valence-electron chi connectivity index (χ3n) is 5.46. The molecule has 30 heavy (non-hydrogen) atoms. The van der Waals surface area contributed by atoms with Crippen molar-refractivity contribution in [1.29, 1.82) is 5.26 Å². The minimum absolute atomic E-state index is 0.158. The molecule has 0 saturated carbocycles. The molecule has 1 aromatic carbocycles. The zero-order valence-corrected chi connectivity index (χ0v) is 16.7. The molecule has 0 aliphatic heterocycles. The van der Waals surface area contributed by atoms with E-state index in [-0.39, 0.29) is 23.8 Å². The summed E-state index contributed by atoms with van der Waals surface area (Å²) in [5.74, 6) is 0.410. The van der Waals surface area contributed by atoms with Crippen molar-refractivity contribution in [1.82, 2.24) is 19.1 Å². The van der Waals surface area contributed by atoms with Crippen molar-refractivity contribution in [3.63, 3.8) is 0 Å². The number of nitrogens with zero attached hydrogens (tertiary/aromatic N) is 4. The summed E-state index contributed by atoms with van der Waals surface area (Å²) in [6, 6.07) is 9.21. The Morgan fingerprint density at radius 1 is 1.33 bits per heavy atom. The van der Waals surface area contributed by atoms with Crippen molar-refractivity contribution in [2.75, 3.05) is 5.32 Å². The number of aromatic amines is 1. The molecule has 0 spiro atoms. The molecule has 0 radical (unpaired) electrons. The van der Waals surface area contributed by atoms with Gasteiger partial charge in [-0.25, -0.2) is 4.79 Å². The van der Waals surface area contributed by atoms with Crippen LogP contribution in [0.1, 0.15) is 36.8 Å². The second-order valence-electron chi connectivity index (χ2n) is 7.46. The number of nitrogens with one attached hydrogen (secondary N) is 2. The Kier molecular flexibility index (Phi) is 5.25. The van der Waals surface area contributed by atoms with Crippen LogP contribution >= 0.6 is 0 Å². The zero-order chi connectivity index (χ0) is 21.3. The normalized spacial score (nSPS) is 16.7. The lowest BCUT2D eigenvalue weighted by Gasteiger charge is -2.17. The van der Waals surface area contributed by atoms with Crippen molar-refractivity contribution in [2.24, 2.45) is 12.8 Å². The fourth-order valence-corrected chi connectivity index (χ4v) is 3.77. The van der Waals surface area contributed by atoms with E-state index in [1.165, 1.54) is 4.57 Å². The van der Waals surface area contributed by atoms with Gasteiger partial charge in [0.05, 0.1) is 18.2 Å². The summed E-state index contributed by atoms with van der Waals surface area (Å²) in [6.07, 6.45) is 5.94. The number of benzene rings is 1. The second-order valence-corrected chi connectivity index (χ2v) is 7.46. The molecular weight excluding hydrogens is 382 g/mol. The van der Waals surface area contributed by atoms with Gasteiger partial charge in [0, 0.05) is 18.8 Å². The van der Waals surface area contributed by atoms with Gasteiger partial charge in [-0.15, -0.1) is 0 Å². The lowest BCUT2D eigenvalue weighted by Crippen LogP contribution is -2.29. The van der Waals surface area contributed by atoms with E-state index in [4.69, 9.17) is 5.73 Å². The molecular formula is C21H23N7O2. The molecule has 0 bridgehead atoms. The van der Waals surface area contributed by atoms with Gasteiger partial charge in [-0.3, -0.25) is 18.9 Å². The van der Waals surface area contributed by atoms with E-state index in [9.17, 15) is 14.9 Å². The van der Waals surface area contributed by atoms with E-state index in [2.05, 4.69) is 27.4 Å². The number of imidazole rings is 1. The molecule has 0 amide bonds. The van der Waals surface area contributed by atoms with Crippen LogP contribution in [0.4, 0.5) is 5.95 Å². The molecule has 9 heteroatoms. The molecule has 4 N–H and O–H groups in total.